The van der Waals surface area contributed by atoms with E-state index in [9.17, 15) is 14.7 Å². The van der Waals surface area contributed by atoms with E-state index in [1.807, 2.05) is 30.0 Å². The van der Waals surface area contributed by atoms with E-state index in [1.54, 1.807) is 6.20 Å². The predicted molar refractivity (Wildman–Crippen MR) is 134 cm³/mol. The van der Waals surface area contributed by atoms with Crippen molar-refractivity contribution in [1.29, 1.82) is 0 Å². The van der Waals surface area contributed by atoms with Gasteiger partial charge in [0.15, 0.2) is 0 Å². The fourth-order valence-electron chi connectivity index (χ4n) is 4.86. The van der Waals surface area contributed by atoms with Crippen LogP contribution in [0, 0.1) is 5.92 Å². The van der Waals surface area contributed by atoms with Crippen molar-refractivity contribution in [2.24, 2.45) is 5.92 Å². The second-order valence-corrected chi connectivity index (χ2v) is 10.3. The Hall–Kier alpha value is -2.71. The van der Waals surface area contributed by atoms with Crippen molar-refractivity contribution >= 4 is 11.8 Å². The number of carbonyl (C=O) groups excluding carboxylic acids is 2. The zero-order valence-corrected chi connectivity index (χ0v) is 20.9. The van der Waals surface area contributed by atoms with E-state index < -0.39 is 12.3 Å². The first-order valence-electron chi connectivity index (χ1n) is 13.0. The van der Waals surface area contributed by atoms with Crippen LogP contribution in [0.4, 0.5) is 0 Å². The molecule has 1 aromatic carbocycles. The summed E-state index contributed by atoms with van der Waals surface area (Å²) in [5.41, 5.74) is 2.15. The summed E-state index contributed by atoms with van der Waals surface area (Å²) in [7, 11) is 0. The molecule has 1 aromatic heterocycles. The van der Waals surface area contributed by atoms with Gasteiger partial charge < -0.3 is 20.7 Å². The number of aliphatic hydroxyl groups excluding tert-OH is 1. The molecule has 2 heterocycles. The quantitative estimate of drug-likeness (QED) is 0.394. The van der Waals surface area contributed by atoms with E-state index in [-0.39, 0.29) is 30.3 Å². The van der Waals surface area contributed by atoms with Crippen LogP contribution < -0.4 is 10.6 Å². The Morgan fingerprint density at radius 2 is 1.94 bits per heavy atom. The number of nitrogens with zero attached hydrogens (tertiary/aromatic N) is 2. The normalized spacial score (nSPS) is 21.2. The third-order valence-corrected chi connectivity index (χ3v) is 7.16. The summed E-state index contributed by atoms with van der Waals surface area (Å²) in [5.74, 6) is 0.669. The average Bonchev–Trinajstić information content (AvgIpc) is 3.53. The maximum absolute atomic E-state index is 13.3. The highest BCUT2D eigenvalue weighted by Crippen LogP contribution is 2.32. The van der Waals surface area contributed by atoms with Crippen molar-refractivity contribution in [3.05, 3.63) is 53.6 Å². The SMILES string of the molecule is C[C@H](NC(=O)[C@H](CC(O)N1CCCC[C@@H]1C)NC(=O)CC1CC1)c1ncc(Cc2ccccc2)[nH]1. The zero-order chi connectivity index (χ0) is 24.8. The second kappa shape index (κ2) is 11.8. The number of amides is 2. The molecule has 4 rings (SSSR count). The molecule has 1 saturated heterocycles. The van der Waals surface area contributed by atoms with Crippen LogP contribution in [-0.2, 0) is 16.0 Å². The number of hydrogen-bond donors (Lipinski definition) is 4. The minimum Gasteiger partial charge on any atom is -0.378 e. The van der Waals surface area contributed by atoms with Gasteiger partial charge in [0.1, 0.15) is 18.1 Å². The fourth-order valence-corrected chi connectivity index (χ4v) is 4.86. The standard InChI is InChI=1S/C27H39N5O3/c1-18-8-6-7-13-32(18)25(34)16-23(31-24(33)15-21-11-12-21)27(35)29-19(2)26-28-17-22(30-26)14-20-9-4-3-5-10-20/h3-5,9-10,17-19,21,23,25,34H,6-8,11-16H2,1-2H3,(H,28,30)(H,29,35)(H,31,33)/t18-,19-,23-,25?/m0/s1. The number of aromatic nitrogens is 2. The molecule has 8 nitrogen and oxygen atoms in total. The molecule has 1 aliphatic heterocycles. The maximum atomic E-state index is 13.3. The predicted octanol–water partition coefficient (Wildman–Crippen LogP) is 3.05. The van der Waals surface area contributed by atoms with Crippen molar-refractivity contribution in [2.75, 3.05) is 6.54 Å². The number of aliphatic hydroxyl groups is 1. The molecule has 2 aromatic rings. The Labute approximate surface area is 207 Å². The van der Waals surface area contributed by atoms with E-state index in [0.717, 1.165) is 50.8 Å². The third-order valence-electron chi connectivity index (χ3n) is 7.16. The Morgan fingerprint density at radius 1 is 1.17 bits per heavy atom. The molecule has 4 atom stereocenters. The molecular weight excluding hydrogens is 442 g/mol. The molecule has 0 spiro atoms. The van der Waals surface area contributed by atoms with Gasteiger partial charge in [0, 0.05) is 43.7 Å². The number of likely N-dealkylation sites (tertiary alicyclic amines) is 1. The molecule has 2 fully saturated rings. The van der Waals surface area contributed by atoms with E-state index in [4.69, 9.17) is 0 Å². The number of hydrogen-bond acceptors (Lipinski definition) is 5. The first kappa shape index (κ1) is 25.4. The topological polar surface area (TPSA) is 110 Å². The van der Waals surface area contributed by atoms with E-state index in [1.165, 1.54) is 5.56 Å². The molecule has 4 N–H and O–H groups in total. The van der Waals surface area contributed by atoms with E-state index >= 15 is 0 Å². The van der Waals surface area contributed by atoms with Gasteiger partial charge in [0.25, 0.3) is 0 Å². The fraction of sp³-hybridized carbons (Fsp3) is 0.593. The van der Waals surface area contributed by atoms with E-state index in [0.29, 0.717) is 18.2 Å². The first-order valence-corrected chi connectivity index (χ1v) is 13.0. The van der Waals surface area contributed by atoms with Crippen LogP contribution in [0.3, 0.4) is 0 Å². The van der Waals surface area contributed by atoms with Crippen LogP contribution in [0.25, 0.3) is 0 Å². The van der Waals surface area contributed by atoms with Gasteiger partial charge >= 0.3 is 0 Å². The zero-order valence-electron chi connectivity index (χ0n) is 20.9. The summed E-state index contributed by atoms with van der Waals surface area (Å²) in [4.78, 5) is 35.6. The molecule has 2 aliphatic rings. The number of imidazole rings is 1. The van der Waals surface area contributed by atoms with Crippen molar-refractivity contribution in [3.63, 3.8) is 0 Å². The lowest BCUT2D eigenvalue weighted by Gasteiger charge is -2.38. The van der Waals surface area contributed by atoms with Gasteiger partial charge in [-0.1, -0.05) is 36.8 Å². The Balaban J connectivity index is 1.38. The summed E-state index contributed by atoms with van der Waals surface area (Å²) < 4.78 is 0. The van der Waals surface area contributed by atoms with Gasteiger partial charge in [-0.25, -0.2) is 4.98 Å². The molecule has 190 valence electrons. The van der Waals surface area contributed by atoms with Crippen LogP contribution in [0.15, 0.2) is 36.5 Å². The van der Waals surface area contributed by atoms with Gasteiger partial charge in [0.05, 0.1) is 6.04 Å². The van der Waals surface area contributed by atoms with Crippen molar-refractivity contribution in [1.82, 2.24) is 25.5 Å². The first-order chi connectivity index (χ1) is 16.9. The second-order valence-electron chi connectivity index (χ2n) is 10.3. The van der Waals surface area contributed by atoms with E-state index in [2.05, 4.69) is 39.7 Å². The largest absolute Gasteiger partial charge is 0.378 e. The van der Waals surface area contributed by atoms with Gasteiger partial charge in [0.2, 0.25) is 11.8 Å². The smallest absolute Gasteiger partial charge is 0.243 e. The molecule has 1 saturated carbocycles. The number of carbonyl (C=O) groups is 2. The monoisotopic (exact) mass is 481 g/mol. The number of H-pyrrole nitrogens is 1. The van der Waals surface area contributed by atoms with Crippen LogP contribution in [-0.4, -0.2) is 56.6 Å². The van der Waals surface area contributed by atoms with Crippen LogP contribution in [0.2, 0.25) is 0 Å². The molecular formula is C27H39N5O3. The summed E-state index contributed by atoms with van der Waals surface area (Å²) in [6.07, 6.45) is 7.70. The molecule has 8 heteroatoms. The molecule has 35 heavy (non-hydrogen) atoms. The Bertz CT molecular complexity index is 974. The van der Waals surface area contributed by atoms with Crippen LogP contribution in [0.1, 0.15) is 81.9 Å². The lowest BCUT2D eigenvalue weighted by molar-refractivity contribution is -0.132. The highest BCUT2D eigenvalue weighted by Gasteiger charge is 2.32. The van der Waals surface area contributed by atoms with Crippen LogP contribution >= 0.6 is 0 Å². The average molecular weight is 482 g/mol. The lowest BCUT2D eigenvalue weighted by atomic mass is 10.0. The van der Waals surface area contributed by atoms with Crippen LogP contribution in [0.5, 0.6) is 0 Å². The maximum Gasteiger partial charge on any atom is 0.243 e. The van der Waals surface area contributed by atoms with Gasteiger partial charge in [-0.2, -0.15) is 0 Å². The Morgan fingerprint density at radius 3 is 2.66 bits per heavy atom. The highest BCUT2D eigenvalue weighted by atomic mass is 16.3. The van der Waals surface area contributed by atoms with Gasteiger partial charge in [-0.3, -0.25) is 14.5 Å². The molecule has 0 radical (unpaired) electrons. The van der Waals surface area contributed by atoms with Crippen molar-refractivity contribution < 1.29 is 14.7 Å². The number of aromatic amines is 1. The summed E-state index contributed by atoms with van der Waals surface area (Å²) in [6.45, 7) is 4.78. The lowest BCUT2D eigenvalue weighted by Crippen LogP contribution is -2.53. The molecule has 0 bridgehead atoms. The minimum atomic E-state index is -0.799. The van der Waals surface area contributed by atoms with Gasteiger partial charge in [-0.15, -0.1) is 0 Å². The number of piperidine rings is 1. The minimum absolute atomic E-state index is 0.123. The number of benzene rings is 1. The molecule has 2 amide bonds. The summed E-state index contributed by atoms with van der Waals surface area (Å²) >= 11 is 0. The summed E-state index contributed by atoms with van der Waals surface area (Å²) in [6, 6.07) is 9.23. The highest BCUT2D eigenvalue weighted by molar-refractivity contribution is 5.88. The third kappa shape index (κ3) is 7.39. The molecule has 1 unspecified atom stereocenters. The van der Waals surface area contributed by atoms with Gasteiger partial charge in [-0.05, 0) is 51.0 Å². The molecule has 1 aliphatic carbocycles. The van der Waals surface area contributed by atoms with Crippen molar-refractivity contribution in [2.45, 2.75) is 89.6 Å². The number of nitrogens with one attached hydrogen (secondary N) is 3. The van der Waals surface area contributed by atoms with Crippen molar-refractivity contribution in [3.8, 4) is 0 Å². The Kier molecular flexibility index (Phi) is 8.57. The summed E-state index contributed by atoms with van der Waals surface area (Å²) in [5, 5.41) is 16.8. The number of rotatable bonds is 11.